The fourth-order valence-corrected chi connectivity index (χ4v) is 5.39. The minimum Gasteiger partial charge on any atom is -0.482 e. The van der Waals surface area contributed by atoms with E-state index in [-0.39, 0.29) is 18.4 Å². The molecule has 1 heterocycles. The lowest BCUT2D eigenvalue weighted by Crippen LogP contribution is -2.35. The molecule has 33 heavy (non-hydrogen) atoms. The third-order valence-electron chi connectivity index (χ3n) is 5.11. The number of nitrogens with zero attached hydrogens (tertiary/aromatic N) is 1. The Morgan fingerprint density at radius 2 is 1.91 bits per heavy atom. The van der Waals surface area contributed by atoms with E-state index in [1.54, 1.807) is 39.0 Å². The Morgan fingerprint density at radius 1 is 1.18 bits per heavy atom. The van der Waals surface area contributed by atoms with Crippen molar-refractivity contribution in [3.63, 3.8) is 0 Å². The number of rotatable bonds is 9. The summed E-state index contributed by atoms with van der Waals surface area (Å²) in [4.78, 5) is 12.0. The molecular weight excluding hydrogens is 464 g/mol. The van der Waals surface area contributed by atoms with E-state index in [1.807, 2.05) is 30.3 Å². The van der Waals surface area contributed by atoms with Crippen LogP contribution in [0.2, 0.25) is 5.02 Å². The highest BCUT2D eigenvalue weighted by molar-refractivity contribution is 7.88. The fraction of sp³-hybridized carbons (Fsp3) is 0.458. The smallest absolute Gasteiger partial charge is 0.344 e. The highest BCUT2D eigenvalue weighted by Crippen LogP contribution is 2.24. The van der Waals surface area contributed by atoms with E-state index in [2.05, 4.69) is 5.32 Å². The quantitative estimate of drug-likeness (QED) is 0.534. The van der Waals surface area contributed by atoms with Gasteiger partial charge in [-0.1, -0.05) is 41.9 Å². The van der Waals surface area contributed by atoms with Crippen molar-refractivity contribution < 1.29 is 22.7 Å². The van der Waals surface area contributed by atoms with Crippen LogP contribution in [-0.4, -0.2) is 50.0 Å². The first kappa shape index (κ1) is 25.5. The molecule has 1 atom stereocenters. The van der Waals surface area contributed by atoms with E-state index in [0.717, 1.165) is 11.1 Å². The largest absolute Gasteiger partial charge is 0.482 e. The minimum atomic E-state index is -3.38. The summed E-state index contributed by atoms with van der Waals surface area (Å²) in [6.07, 6.45) is 0.711. The van der Waals surface area contributed by atoms with Crippen molar-refractivity contribution in [1.82, 2.24) is 9.62 Å². The molecule has 1 unspecified atom stereocenters. The second-order valence-corrected chi connectivity index (χ2v) is 11.5. The molecule has 2 aromatic rings. The molecule has 180 valence electrons. The predicted octanol–water partition coefficient (Wildman–Crippen LogP) is 3.75. The van der Waals surface area contributed by atoms with E-state index >= 15 is 0 Å². The Hall–Kier alpha value is -2.13. The van der Waals surface area contributed by atoms with Crippen molar-refractivity contribution in [2.24, 2.45) is 0 Å². The molecule has 0 saturated carbocycles. The van der Waals surface area contributed by atoms with Crippen molar-refractivity contribution in [1.29, 1.82) is 0 Å². The topological polar surface area (TPSA) is 84.9 Å². The van der Waals surface area contributed by atoms with Crippen molar-refractivity contribution in [3.8, 4) is 5.75 Å². The van der Waals surface area contributed by atoms with E-state index in [0.29, 0.717) is 36.8 Å². The van der Waals surface area contributed by atoms with Crippen LogP contribution in [-0.2, 0) is 31.9 Å². The first-order chi connectivity index (χ1) is 15.5. The zero-order chi connectivity index (χ0) is 24.1. The molecule has 0 aromatic heterocycles. The van der Waals surface area contributed by atoms with Crippen molar-refractivity contribution >= 4 is 27.6 Å². The lowest BCUT2D eigenvalue weighted by atomic mass is 10.1. The normalized spacial score (nSPS) is 17.2. The number of ether oxygens (including phenoxy) is 2. The number of benzene rings is 2. The summed E-state index contributed by atoms with van der Waals surface area (Å²) >= 11 is 6.16. The average molecular weight is 495 g/mol. The molecule has 9 heteroatoms. The maximum atomic E-state index is 12.8. The molecule has 1 aliphatic rings. The molecule has 2 aromatic carbocycles. The molecule has 0 aliphatic carbocycles. The van der Waals surface area contributed by atoms with Crippen molar-refractivity contribution in [2.45, 2.75) is 51.1 Å². The van der Waals surface area contributed by atoms with Crippen LogP contribution in [0.1, 0.15) is 38.3 Å². The van der Waals surface area contributed by atoms with Crippen LogP contribution in [0, 0.1) is 0 Å². The second kappa shape index (κ2) is 10.9. The first-order valence-electron chi connectivity index (χ1n) is 10.9. The van der Waals surface area contributed by atoms with Crippen molar-refractivity contribution in [2.75, 3.05) is 19.7 Å². The standard InChI is InChI=1S/C24H31ClN2O5S/c1-24(2,3)32-23(28)16-31-22-10-9-20(25)13-19(22)14-26-21-11-12-27(15-21)33(29,30)17-18-7-5-4-6-8-18/h4-10,13,21,26H,11-12,14-17H2,1-3H3. The molecule has 1 fully saturated rings. The molecule has 1 aliphatic heterocycles. The van der Waals surface area contributed by atoms with Gasteiger partial charge in [-0.3, -0.25) is 0 Å². The van der Waals surface area contributed by atoms with Crippen LogP contribution >= 0.6 is 11.6 Å². The first-order valence-corrected chi connectivity index (χ1v) is 12.9. The molecule has 0 spiro atoms. The Labute approximate surface area is 201 Å². The van der Waals surface area contributed by atoms with Gasteiger partial charge < -0.3 is 14.8 Å². The summed E-state index contributed by atoms with van der Waals surface area (Å²) in [5, 5.41) is 3.95. The maximum Gasteiger partial charge on any atom is 0.344 e. The Kier molecular flexibility index (Phi) is 8.39. The van der Waals surface area contributed by atoms with Gasteiger partial charge in [0.2, 0.25) is 10.0 Å². The molecule has 0 radical (unpaired) electrons. The highest BCUT2D eigenvalue weighted by Gasteiger charge is 2.31. The summed E-state index contributed by atoms with van der Waals surface area (Å²) in [5.74, 6) is 0.0769. The summed E-state index contributed by atoms with van der Waals surface area (Å²) in [7, 11) is -3.38. The number of carbonyl (C=O) groups excluding carboxylic acids is 1. The predicted molar refractivity (Wildman–Crippen MR) is 129 cm³/mol. The van der Waals surface area contributed by atoms with Gasteiger partial charge in [0, 0.05) is 36.3 Å². The fourth-order valence-electron chi connectivity index (χ4n) is 3.61. The molecule has 1 saturated heterocycles. The molecule has 0 bridgehead atoms. The van der Waals surface area contributed by atoms with Gasteiger partial charge in [0.1, 0.15) is 11.4 Å². The third kappa shape index (κ3) is 7.99. The van der Waals surface area contributed by atoms with E-state index < -0.39 is 21.6 Å². The Balaban J connectivity index is 1.55. The SMILES string of the molecule is CC(C)(C)OC(=O)COc1ccc(Cl)cc1CNC1CCN(S(=O)(=O)Cc2ccccc2)C1. The monoisotopic (exact) mass is 494 g/mol. The number of esters is 1. The summed E-state index contributed by atoms with van der Waals surface area (Å²) in [6, 6.07) is 14.4. The van der Waals surface area contributed by atoms with Crippen LogP contribution in [0.15, 0.2) is 48.5 Å². The lowest BCUT2D eigenvalue weighted by molar-refractivity contribution is -0.157. The molecule has 3 rings (SSSR count). The minimum absolute atomic E-state index is 0.00247. The van der Waals surface area contributed by atoms with Crippen LogP contribution in [0.5, 0.6) is 5.75 Å². The number of sulfonamides is 1. The van der Waals surface area contributed by atoms with Gasteiger partial charge in [-0.05, 0) is 51.0 Å². The number of hydrogen-bond donors (Lipinski definition) is 1. The number of halogens is 1. The number of nitrogens with one attached hydrogen (secondary N) is 1. The molecular formula is C24H31ClN2O5S. The highest BCUT2D eigenvalue weighted by atomic mass is 35.5. The second-order valence-electron chi connectivity index (χ2n) is 9.09. The van der Waals surface area contributed by atoms with Crippen LogP contribution < -0.4 is 10.1 Å². The van der Waals surface area contributed by atoms with Crippen LogP contribution in [0.25, 0.3) is 0 Å². The Bertz CT molecular complexity index is 1050. The summed E-state index contributed by atoms with van der Waals surface area (Å²) < 4.78 is 38.1. The van der Waals surface area contributed by atoms with Gasteiger partial charge in [-0.25, -0.2) is 17.5 Å². The third-order valence-corrected chi connectivity index (χ3v) is 7.16. The van der Waals surface area contributed by atoms with Gasteiger partial charge in [0.25, 0.3) is 0 Å². The number of hydrogen-bond acceptors (Lipinski definition) is 6. The van der Waals surface area contributed by atoms with Gasteiger partial charge in [0.15, 0.2) is 6.61 Å². The van der Waals surface area contributed by atoms with Gasteiger partial charge in [-0.2, -0.15) is 0 Å². The maximum absolute atomic E-state index is 12.8. The molecule has 1 N–H and O–H groups in total. The Morgan fingerprint density at radius 3 is 2.61 bits per heavy atom. The van der Waals surface area contributed by atoms with E-state index in [9.17, 15) is 13.2 Å². The lowest BCUT2D eigenvalue weighted by Gasteiger charge is -2.20. The molecule has 7 nitrogen and oxygen atoms in total. The summed E-state index contributed by atoms with van der Waals surface area (Å²) in [6.45, 7) is 6.50. The van der Waals surface area contributed by atoms with Crippen LogP contribution in [0.4, 0.5) is 0 Å². The van der Waals surface area contributed by atoms with Gasteiger partial charge >= 0.3 is 5.97 Å². The van der Waals surface area contributed by atoms with E-state index in [1.165, 1.54) is 4.31 Å². The van der Waals surface area contributed by atoms with Gasteiger partial charge in [-0.15, -0.1) is 0 Å². The number of carbonyl (C=O) groups is 1. The summed E-state index contributed by atoms with van der Waals surface area (Å²) in [5.41, 5.74) is 0.983. The van der Waals surface area contributed by atoms with Crippen molar-refractivity contribution in [3.05, 3.63) is 64.7 Å². The average Bonchev–Trinajstić information content (AvgIpc) is 3.21. The zero-order valence-electron chi connectivity index (χ0n) is 19.2. The van der Waals surface area contributed by atoms with E-state index in [4.69, 9.17) is 21.1 Å². The zero-order valence-corrected chi connectivity index (χ0v) is 20.8. The molecule has 0 amide bonds. The van der Waals surface area contributed by atoms with Crippen LogP contribution in [0.3, 0.4) is 0 Å². The van der Waals surface area contributed by atoms with Gasteiger partial charge in [0.05, 0.1) is 5.75 Å².